The number of hydrogen-bond donors (Lipinski definition) is 1. The summed E-state index contributed by atoms with van der Waals surface area (Å²) in [7, 11) is 0. The van der Waals surface area contributed by atoms with Crippen LogP contribution in [0.4, 0.5) is 0 Å². The molecule has 0 radical (unpaired) electrons. The van der Waals surface area contributed by atoms with Crippen molar-refractivity contribution < 1.29 is 0 Å². The number of rotatable bonds is 7. The number of terminal acetylenes is 1. The number of nitrogens with one attached hydrogen (secondary N) is 1. The molecule has 0 aliphatic carbocycles. The van der Waals surface area contributed by atoms with E-state index in [0.717, 1.165) is 33.6 Å². The molecule has 0 aliphatic rings. The van der Waals surface area contributed by atoms with E-state index < -0.39 is 0 Å². The third-order valence-corrected chi connectivity index (χ3v) is 5.40. The minimum Gasteiger partial charge on any atom is -0.248 e. The van der Waals surface area contributed by atoms with Crippen molar-refractivity contribution in [2.75, 3.05) is 0 Å². The first-order chi connectivity index (χ1) is 16.3. The van der Waals surface area contributed by atoms with E-state index >= 15 is 0 Å². The van der Waals surface area contributed by atoms with Crippen LogP contribution in [0.5, 0.6) is 0 Å². The number of hydrogen-bond acceptors (Lipinski definition) is 5. The van der Waals surface area contributed by atoms with Crippen LogP contribution in [0, 0.1) is 12.3 Å². The van der Waals surface area contributed by atoms with Gasteiger partial charge in [0, 0.05) is 24.0 Å². The van der Waals surface area contributed by atoms with Gasteiger partial charge in [-0.15, -0.1) is 17.4 Å². The fourth-order valence-electron chi connectivity index (χ4n) is 3.76. The Kier molecular flexibility index (Phi) is 5.72. The molecule has 0 aliphatic heterocycles. The SMILES string of the molecule is C#CCCn1nc(-c2ccccc2)nc1Cc1ccc(-c2ccccc2-c2nnn[nH]2)cc1. The van der Waals surface area contributed by atoms with Gasteiger partial charge in [-0.2, -0.15) is 5.10 Å². The summed E-state index contributed by atoms with van der Waals surface area (Å²) in [4.78, 5) is 4.81. The van der Waals surface area contributed by atoms with Gasteiger partial charge in [-0.1, -0.05) is 78.9 Å². The summed E-state index contributed by atoms with van der Waals surface area (Å²) in [5.74, 6) is 4.95. The van der Waals surface area contributed by atoms with E-state index in [1.807, 2.05) is 53.2 Å². The first-order valence-electron chi connectivity index (χ1n) is 10.7. The summed E-state index contributed by atoms with van der Waals surface area (Å²) in [5, 5.41) is 19.0. The van der Waals surface area contributed by atoms with E-state index in [1.165, 1.54) is 0 Å². The number of aromatic nitrogens is 7. The van der Waals surface area contributed by atoms with Crippen molar-refractivity contribution in [3.8, 4) is 46.2 Å². The van der Waals surface area contributed by atoms with E-state index in [-0.39, 0.29) is 0 Å². The normalized spacial score (nSPS) is 10.8. The quantitative estimate of drug-likeness (QED) is 0.386. The van der Waals surface area contributed by atoms with Crippen LogP contribution in [0.3, 0.4) is 0 Å². The molecule has 0 fully saturated rings. The van der Waals surface area contributed by atoms with Crippen LogP contribution in [0.15, 0.2) is 78.9 Å². The van der Waals surface area contributed by atoms with Gasteiger partial charge in [-0.25, -0.2) is 14.8 Å². The first kappa shape index (κ1) is 20.3. The fourth-order valence-corrected chi connectivity index (χ4v) is 3.76. The summed E-state index contributed by atoms with van der Waals surface area (Å²) in [6, 6.07) is 26.5. The number of nitrogens with zero attached hydrogens (tertiary/aromatic N) is 6. The highest BCUT2D eigenvalue weighted by Crippen LogP contribution is 2.30. The molecule has 0 saturated heterocycles. The molecule has 0 unspecified atom stereocenters. The smallest absolute Gasteiger partial charge is 0.181 e. The highest BCUT2D eigenvalue weighted by Gasteiger charge is 2.13. The van der Waals surface area contributed by atoms with Gasteiger partial charge in [0.2, 0.25) is 0 Å². The van der Waals surface area contributed by atoms with Gasteiger partial charge in [0.1, 0.15) is 5.82 Å². The van der Waals surface area contributed by atoms with Gasteiger partial charge < -0.3 is 0 Å². The van der Waals surface area contributed by atoms with E-state index in [1.54, 1.807) is 0 Å². The number of benzene rings is 3. The maximum absolute atomic E-state index is 5.49. The van der Waals surface area contributed by atoms with Crippen LogP contribution in [0.1, 0.15) is 17.8 Å². The van der Waals surface area contributed by atoms with Crippen LogP contribution >= 0.6 is 0 Å². The van der Waals surface area contributed by atoms with Crippen molar-refractivity contribution in [3.05, 3.63) is 90.3 Å². The molecule has 2 heterocycles. The Hall–Kier alpha value is -4.57. The van der Waals surface area contributed by atoms with Gasteiger partial charge >= 0.3 is 0 Å². The lowest BCUT2D eigenvalue weighted by Gasteiger charge is -2.09. The predicted molar refractivity (Wildman–Crippen MR) is 127 cm³/mol. The van der Waals surface area contributed by atoms with E-state index in [0.29, 0.717) is 31.0 Å². The molecule has 0 spiro atoms. The molecular weight excluding hydrogens is 410 g/mol. The van der Waals surface area contributed by atoms with E-state index in [4.69, 9.17) is 16.5 Å². The molecule has 5 aromatic rings. The van der Waals surface area contributed by atoms with Gasteiger partial charge in [0.25, 0.3) is 0 Å². The second-order valence-electron chi connectivity index (χ2n) is 7.56. The standard InChI is InChI=1S/C26H21N7/c1-2-3-17-33-24(27-25(30-33)21-9-5-4-6-10-21)18-19-13-15-20(16-14-19)22-11-7-8-12-23(22)26-28-31-32-29-26/h1,4-16H,3,17-18H2,(H,28,29,31,32). The molecule has 33 heavy (non-hydrogen) atoms. The average Bonchev–Trinajstić information content (AvgIpc) is 3.54. The Bertz CT molecular complexity index is 1380. The van der Waals surface area contributed by atoms with Crippen LogP contribution in [0.25, 0.3) is 33.9 Å². The second kappa shape index (κ2) is 9.28. The molecule has 7 nitrogen and oxygen atoms in total. The monoisotopic (exact) mass is 431 g/mol. The number of tetrazole rings is 1. The molecule has 0 atom stereocenters. The first-order valence-corrected chi connectivity index (χ1v) is 10.7. The fraction of sp³-hybridized carbons (Fsp3) is 0.115. The Balaban J connectivity index is 1.42. The maximum atomic E-state index is 5.49. The second-order valence-corrected chi connectivity index (χ2v) is 7.56. The predicted octanol–water partition coefficient (Wildman–Crippen LogP) is 4.41. The van der Waals surface area contributed by atoms with Gasteiger partial charge in [-0.3, -0.25) is 0 Å². The lowest BCUT2D eigenvalue weighted by Crippen LogP contribution is -2.06. The molecule has 7 heteroatoms. The van der Waals surface area contributed by atoms with Crippen molar-refractivity contribution in [1.29, 1.82) is 0 Å². The van der Waals surface area contributed by atoms with Gasteiger partial charge in [0.05, 0.1) is 6.54 Å². The summed E-state index contributed by atoms with van der Waals surface area (Å²) in [6.45, 7) is 0.641. The Morgan fingerprint density at radius 2 is 1.61 bits per heavy atom. The number of aromatic amines is 1. The van der Waals surface area contributed by atoms with Crippen LogP contribution in [-0.2, 0) is 13.0 Å². The topological polar surface area (TPSA) is 85.2 Å². The van der Waals surface area contributed by atoms with Crippen molar-refractivity contribution in [3.63, 3.8) is 0 Å². The zero-order chi connectivity index (χ0) is 22.5. The molecule has 0 amide bonds. The van der Waals surface area contributed by atoms with Crippen molar-refractivity contribution >= 4 is 0 Å². The molecular formula is C26H21N7. The lowest BCUT2D eigenvalue weighted by molar-refractivity contribution is 0.600. The van der Waals surface area contributed by atoms with Gasteiger partial charge in [-0.05, 0) is 27.1 Å². The van der Waals surface area contributed by atoms with Crippen molar-refractivity contribution in [2.24, 2.45) is 0 Å². The summed E-state index contributed by atoms with van der Waals surface area (Å²) < 4.78 is 1.92. The zero-order valence-corrected chi connectivity index (χ0v) is 17.9. The van der Waals surface area contributed by atoms with Crippen molar-refractivity contribution in [1.82, 2.24) is 35.4 Å². The lowest BCUT2D eigenvalue weighted by atomic mass is 9.98. The largest absolute Gasteiger partial charge is 0.248 e. The van der Waals surface area contributed by atoms with E-state index in [2.05, 4.69) is 56.9 Å². The average molecular weight is 432 g/mol. The Morgan fingerprint density at radius 3 is 2.33 bits per heavy atom. The molecule has 160 valence electrons. The van der Waals surface area contributed by atoms with Crippen LogP contribution in [0.2, 0.25) is 0 Å². The highest BCUT2D eigenvalue weighted by molar-refractivity contribution is 5.80. The Morgan fingerprint density at radius 1 is 0.848 bits per heavy atom. The van der Waals surface area contributed by atoms with Crippen LogP contribution < -0.4 is 0 Å². The Labute approximate surface area is 191 Å². The molecule has 0 bridgehead atoms. The molecule has 3 aromatic carbocycles. The number of aryl methyl sites for hydroxylation is 1. The molecule has 0 saturated carbocycles. The minimum atomic E-state index is 0.608. The molecule has 1 N–H and O–H groups in total. The van der Waals surface area contributed by atoms with Crippen molar-refractivity contribution in [2.45, 2.75) is 19.4 Å². The zero-order valence-electron chi connectivity index (χ0n) is 17.9. The highest BCUT2D eigenvalue weighted by atomic mass is 15.5. The van der Waals surface area contributed by atoms with E-state index in [9.17, 15) is 0 Å². The number of H-pyrrole nitrogens is 1. The minimum absolute atomic E-state index is 0.608. The third kappa shape index (κ3) is 4.41. The summed E-state index contributed by atoms with van der Waals surface area (Å²) >= 11 is 0. The molecule has 2 aromatic heterocycles. The third-order valence-electron chi connectivity index (χ3n) is 5.40. The van der Waals surface area contributed by atoms with Crippen LogP contribution in [-0.4, -0.2) is 35.4 Å². The summed E-state index contributed by atoms with van der Waals surface area (Å²) in [6.07, 6.45) is 6.76. The maximum Gasteiger partial charge on any atom is 0.181 e. The summed E-state index contributed by atoms with van der Waals surface area (Å²) in [5.41, 5.74) is 5.24. The van der Waals surface area contributed by atoms with Gasteiger partial charge in [0.15, 0.2) is 11.6 Å². The molecule has 5 rings (SSSR count).